The number of amides is 2. The summed E-state index contributed by atoms with van der Waals surface area (Å²) >= 11 is 0. The van der Waals surface area contributed by atoms with Gasteiger partial charge in [-0.15, -0.1) is 0 Å². The van der Waals surface area contributed by atoms with Gasteiger partial charge in [-0.2, -0.15) is 0 Å². The molecule has 2 aromatic rings. The van der Waals surface area contributed by atoms with Crippen LogP contribution < -0.4 is 10.6 Å². The van der Waals surface area contributed by atoms with Crippen LogP contribution in [0.15, 0.2) is 48.5 Å². The Morgan fingerprint density at radius 2 is 1.82 bits per heavy atom. The molecule has 0 bridgehead atoms. The highest BCUT2D eigenvalue weighted by atomic mass is 16.2. The summed E-state index contributed by atoms with van der Waals surface area (Å²) in [5.41, 5.74) is 4.60. The zero-order chi connectivity index (χ0) is 15.9. The van der Waals surface area contributed by atoms with Crippen molar-refractivity contribution in [1.82, 2.24) is 5.32 Å². The van der Waals surface area contributed by atoms with Gasteiger partial charge in [0, 0.05) is 19.7 Å². The van der Waals surface area contributed by atoms with Gasteiger partial charge in [-0.3, -0.25) is 9.59 Å². The van der Waals surface area contributed by atoms with Crippen molar-refractivity contribution >= 4 is 17.5 Å². The number of fused-ring (bicyclic) bond motifs is 1. The maximum absolute atomic E-state index is 11.3. The van der Waals surface area contributed by atoms with E-state index in [-0.39, 0.29) is 11.8 Å². The highest BCUT2D eigenvalue weighted by Gasteiger charge is 2.17. The van der Waals surface area contributed by atoms with Crippen molar-refractivity contribution in [3.05, 3.63) is 65.2 Å². The Balaban J connectivity index is 0.000000309. The van der Waals surface area contributed by atoms with Crippen LogP contribution >= 0.6 is 0 Å². The zero-order valence-electron chi connectivity index (χ0n) is 12.8. The van der Waals surface area contributed by atoms with Crippen LogP contribution in [0.3, 0.4) is 0 Å². The van der Waals surface area contributed by atoms with Gasteiger partial charge in [0.05, 0.1) is 6.42 Å². The van der Waals surface area contributed by atoms with Crippen molar-refractivity contribution in [1.29, 1.82) is 0 Å². The Bertz CT molecular complexity index is 666. The molecule has 4 heteroatoms. The second-order valence-corrected chi connectivity index (χ2v) is 5.19. The van der Waals surface area contributed by atoms with E-state index in [2.05, 4.69) is 34.9 Å². The van der Waals surface area contributed by atoms with E-state index in [1.54, 1.807) is 7.05 Å². The maximum Gasteiger partial charge on any atom is 0.228 e. The molecule has 0 saturated heterocycles. The van der Waals surface area contributed by atoms with Crippen LogP contribution in [0.5, 0.6) is 0 Å². The molecule has 0 radical (unpaired) electrons. The SMILES string of the molecule is CNC(C)=O.O=C1Cc2ccc(Cc3ccccc3)cc2N1. The smallest absolute Gasteiger partial charge is 0.228 e. The fraction of sp³-hybridized carbons (Fsp3) is 0.222. The van der Waals surface area contributed by atoms with Crippen LogP contribution in [-0.2, 0) is 22.4 Å². The van der Waals surface area contributed by atoms with Crippen LogP contribution in [0.2, 0.25) is 0 Å². The standard InChI is InChI=1S/C15H13NO.C3H7NO/c17-15-10-13-7-6-12(9-14(13)16-15)8-11-4-2-1-3-5-11;1-3(5)4-2/h1-7,9H,8,10H2,(H,16,17);1-2H3,(H,4,5). The maximum atomic E-state index is 11.3. The van der Waals surface area contributed by atoms with Gasteiger partial charge in [-0.05, 0) is 29.2 Å². The molecule has 4 nitrogen and oxygen atoms in total. The minimum absolute atomic E-state index is 0.00463. The van der Waals surface area contributed by atoms with E-state index < -0.39 is 0 Å². The van der Waals surface area contributed by atoms with E-state index in [0.29, 0.717) is 6.42 Å². The van der Waals surface area contributed by atoms with Crippen LogP contribution in [0.1, 0.15) is 23.6 Å². The van der Waals surface area contributed by atoms with Gasteiger partial charge < -0.3 is 10.6 Å². The van der Waals surface area contributed by atoms with Crippen molar-refractivity contribution in [2.24, 2.45) is 0 Å². The van der Waals surface area contributed by atoms with Crippen molar-refractivity contribution in [3.8, 4) is 0 Å². The summed E-state index contributed by atoms with van der Waals surface area (Å²) in [6.45, 7) is 1.47. The predicted octanol–water partition coefficient (Wildman–Crippen LogP) is 2.52. The molecular formula is C18H20N2O2. The molecular weight excluding hydrogens is 276 g/mol. The average Bonchev–Trinajstić information content (AvgIpc) is 2.88. The van der Waals surface area contributed by atoms with Gasteiger partial charge in [0.2, 0.25) is 11.8 Å². The summed E-state index contributed by atoms with van der Waals surface area (Å²) in [4.78, 5) is 21.0. The van der Waals surface area contributed by atoms with Crippen molar-refractivity contribution < 1.29 is 9.59 Å². The van der Waals surface area contributed by atoms with Crippen LogP contribution in [0, 0.1) is 0 Å². The van der Waals surface area contributed by atoms with Crippen molar-refractivity contribution in [2.45, 2.75) is 19.8 Å². The molecule has 3 rings (SSSR count). The summed E-state index contributed by atoms with van der Waals surface area (Å²) in [7, 11) is 1.60. The van der Waals surface area contributed by atoms with Crippen molar-refractivity contribution in [3.63, 3.8) is 0 Å². The Morgan fingerprint density at radius 1 is 1.14 bits per heavy atom. The first kappa shape index (κ1) is 15.8. The van der Waals surface area contributed by atoms with E-state index in [1.165, 1.54) is 18.1 Å². The third-order valence-corrected chi connectivity index (χ3v) is 3.40. The largest absolute Gasteiger partial charge is 0.359 e. The number of nitrogens with one attached hydrogen (secondary N) is 2. The third kappa shape index (κ3) is 4.45. The summed E-state index contributed by atoms with van der Waals surface area (Å²) in [5, 5.41) is 5.27. The second kappa shape index (κ2) is 7.41. The van der Waals surface area contributed by atoms with Gasteiger partial charge >= 0.3 is 0 Å². The summed E-state index contributed by atoms with van der Waals surface area (Å²) < 4.78 is 0. The number of carbonyl (C=O) groups excluding carboxylic acids is 2. The molecule has 0 atom stereocenters. The van der Waals surface area contributed by atoms with Gasteiger partial charge in [0.1, 0.15) is 0 Å². The van der Waals surface area contributed by atoms with Crippen LogP contribution in [0.4, 0.5) is 5.69 Å². The molecule has 0 spiro atoms. The molecule has 0 saturated carbocycles. The van der Waals surface area contributed by atoms with E-state index in [9.17, 15) is 9.59 Å². The molecule has 0 aliphatic carbocycles. The summed E-state index contributed by atoms with van der Waals surface area (Å²) in [5.74, 6) is 0.0989. The summed E-state index contributed by atoms with van der Waals surface area (Å²) in [6.07, 6.45) is 1.42. The second-order valence-electron chi connectivity index (χ2n) is 5.19. The first-order chi connectivity index (χ1) is 10.6. The minimum Gasteiger partial charge on any atom is -0.359 e. The molecule has 0 aromatic heterocycles. The van der Waals surface area contributed by atoms with Crippen LogP contribution in [-0.4, -0.2) is 18.9 Å². The monoisotopic (exact) mass is 296 g/mol. The number of benzene rings is 2. The first-order valence-electron chi connectivity index (χ1n) is 7.22. The number of hydrogen-bond donors (Lipinski definition) is 2. The lowest BCUT2D eigenvalue weighted by Crippen LogP contribution is -2.11. The molecule has 0 fully saturated rings. The zero-order valence-corrected chi connectivity index (χ0v) is 12.8. The van der Waals surface area contributed by atoms with E-state index in [0.717, 1.165) is 17.7 Å². The molecule has 114 valence electrons. The van der Waals surface area contributed by atoms with Crippen molar-refractivity contribution in [2.75, 3.05) is 12.4 Å². The quantitative estimate of drug-likeness (QED) is 0.894. The Kier molecular flexibility index (Phi) is 5.31. The Labute approximate surface area is 130 Å². The molecule has 1 heterocycles. The lowest BCUT2D eigenvalue weighted by Gasteiger charge is -2.04. The topological polar surface area (TPSA) is 58.2 Å². The Morgan fingerprint density at radius 3 is 2.45 bits per heavy atom. The third-order valence-electron chi connectivity index (χ3n) is 3.40. The molecule has 1 aliphatic heterocycles. The fourth-order valence-electron chi connectivity index (χ4n) is 2.20. The summed E-state index contributed by atoms with van der Waals surface area (Å²) in [6, 6.07) is 16.6. The highest BCUT2D eigenvalue weighted by molar-refractivity contribution is 5.99. The Hall–Kier alpha value is -2.62. The van der Waals surface area contributed by atoms with Gasteiger partial charge in [0.25, 0.3) is 0 Å². The number of carbonyl (C=O) groups is 2. The number of hydrogen-bond acceptors (Lipinski definition) is 2. The van der Waals surface area contributed by atoms with E-state index in [4.69, 9.17) is 0 Å². The van der Waals surface area contributed by atoms with E-state index >= 15 is 0 Å². The number of rotatable bonds is 2. The first-order valence-corrected chi connectivity index (χ1v) is 7.22. The van der Waals surface area contributed by atoms with Gasteiger partial charge in [0.15, 0.2) is 0 Å². The normalized spacial score (nSPS) is 11.8. The average molecular weight is 296 g/mol. The fourth-order valence-corrected chi connectivity index (χ4v) is 2.20. The van der Waals surface area contributed by atoms with E-state index in [1.807, 2.05) is 24.3 Å². The highest BCUT2D eigenvalue weighted by Crippen LogP contribution is 2.25. The number of anilines is 1. The van der Waals surface area contributed by atoms with Crippen LogP contribution in [0.25, 0.3) is 0 Å². The molecule has 0 unspecified atom stereocenters. The molecule has 2 amide bonds. The lowest BCUT2D eigenvalue weighted by molar-refractivity contribution is -0.118. The molecule has 2 N–H and O–H groups in total. The minimum atomic E-state index is 0.00463. The molecule has 1 aliphatic rings. The molecule has 2 aromatic carbocycles. The molecule has 22 heavy (non-hydrogen) atoms. The van der Waals surface area contributed by atoms with Gasteiger partial charge in [-0.25, -0.2) is 0 Å². The lowest BCUT2D eigenvalue weighted by atomic mass is 10.0. The van der Waals surface area contributed by atoms with Gasteiger partial charge in [-0.1, -0.05) is 42.5 Å². The predicted molar refractivity (Wildman–Crippen MR) is 87.8 cm³/mol.